The van der Waals surface area contributed by atoms with Gasteiger partial charge in [-0.05, 0) is 20.9 Å². The van der Waals surface area contributed by atoms with Crippen LogP contribution in [0.4, 0.5) is 5.82 Å². The summed E-state index contributed by atoms with van der Waals surface area (Å²) in [6.45, 7) is 6.32. The molecule has 1 heterocycles. The van der Waals surface area contributed by atoms with Crippen LogP contribution in [0, 0.1) is 0 Å². The molecule has 96 valence electrons. The molecule has 0 amide bonds. The first kappa shape index (κ1) is 13.9. The number of nitrogens with one attached hydrogen (secondary N) is 1. The monoisotopic (exact) mass is 238 g/mol. The Morgan fingerprint density at radius 2 is 2.18 bits per heavy atom. The largest absolute Gasteiger partial charge is 0.377 e. The smallest absolute Gasteiger partial charge is 0.147 e. The maximum absolute atomic E-state index is 5.51. The second-order valence-corrected chi connectivity index (χ2v) is 4.24. The zero-order valence-corrected chi connectivity index (χ0v) is 11.1. The molecule has 0 aliphatic heterocycles. The molecule has 0 saturated heterocycles. The first-order valence-electron chi connectivity index (χ1n) is 5.91. The fourth-order valence-electron chi connectivity index (χ4n) is 1.38. The Morgan fingerprint density at radius 1 is 1.41 bits per heavy atom. The summed E-state index contributed by atoms with van der Waals surface area (Å²) < 4.78 is 5.51. The molecule has 0 bridgehead atoms. The van der Waals surface area contributed by atoms with E-state index in [4.69, 9.17) is 4.74 Å². The Hall–Kier alpha value is -1.20. The van der Waals surface area contributed by atoms with Crippen LogP contribution in [0.1, 0.15) is 19.5 Å². The van der Waals surface area contributed by atoms with Crippen molar-refractivity contribution in [1.29, 1.82) is 0 Å². The molecule has 0 unspecified atom stereocenters. The summed E-state index contributed by atoms with van der Waals surface area (Å²) in [6.07, 6.45) is 3.82. The van der Waals surface area contributed by atoms with E-state index in [9.17, 15) is 0 Å². The summed E-state index contributed by atoms with van der Waals surface area (Å²) in [5.74, 6) is 0.880. The molecule has 0 aliphatic rings. The molecule has 0 fully saturated rings. The van der Waals surface area contributed by atoms with Gasteiger partial charge in [0.05, 0.1) is 24.6 Å². The second-order valence-electron chi connectivity index (χ2n) is 4.24. The third kappa shape index (κ3) is 5.10. The fourth-order valence-corrected chi connectivity index (χ4v) is 1.38. The van der Waals surface area contributed by atoms with E-state index >= 15 is 0 Å². The highest BCUT2D eigenvalue weighted by Crippen LogP contribution is 2.07. The summed E-state index contributed by atoms with van der Waals surface area (Å²) in [7, 11) is 3.89. The molecule has 17 heavy (non-hydrogen) atoms. The minimum atomic E-state index is 0.269. The van der Waals surface area contributed by atoms with Gasteiger partial charge < -0.3 is 15.0 Å². The Labute approximate surface area is 103 Å². The van der Waals surface area contributed by atoms with Crippen LogP contribution in [0.5, 0.6) is 0 Å². The van der Waals surface area contributed by atoms with Crippen molar-refractivity contribution < 1.29 is 4.74 Å². The minimum absolute atomic E-state index is 0.269. The lowest BCUT2D eigenvalue weighted by molar-refractivity contribution is 0.0845. The van der Waals surface area contributed by atoms with E-state index in [0.717, 1.165) is 24.6 Å². The minimum Gasteiger partial charge on any atom is -0.377 e. The Kier molecular flexibility index (Phi) is 5.86. The SMILES string of the molecule is CNCc1cncc(N(C)CCOC(C)C)n1. The van der Waals surface area contributed by atoms with Crippen LogP contribution >= 0.6 is 0 Å². The number of aromatic nitrogens is 2. The topological polar surface area (TPSA) is 50.3 Å². The average Bonchev–Trinajstić information content (AvgIpc) is 2.29. The molecule has 1 N–H and O–H groups in total. The number of hydrogen-bond acceptors (Lipinski definition) is 5. The molecule has 0 radical (unpaired) electrons. The van der Waals surface area contributed by atoms with Crippen molar-refractivity contribution in [2.75, 3.05) is 32.1 Å². The van der Waals surface area contributed by atoms with Crippen LogP contribution < -0.4 is 10.2 Å². The predicted octanol–water partition coefficient (Wildman–Crippen LogP) is 1.06. The van der Waals surface area contributed by atoms with Gasteiger partial charge in [-0.2, -0.15) is 0 Å². The fraction of sp³-hybridized carbons (Fsp3) is 0.667. The van der Waals surface area contributed by atoms with Crippen LogP contribution in [0.25, 0.3) is 0 Å². The van der Waals surface area contributed by atoms with Gasteiger partial charge in [0, 0.05) is 26.3 Å². The van der Waals surface area contributed by atoms with Crippen LogP contribution in [0.15, 0.2) is 12.4 Å². The van der Waals surface area contributed by atoms with E-state index in [1.54, 1.807) is 12.4 Å². The first-order chi connectivity index (χ1) is 8.13. The van der Waals surface area contributed by atoms with Crippen molar-refractivity contribution in [3.05, 3.63) is 18.1 Å². The van der Waals surface area contributed by atoms with Gasteiger partial charge in [0.1, 0.15) is 5.82 Å². The summed E-state index contributed by atoms with van der Waals surface area (Å²) >= 11 is 0. The molecule has 0 spiro atoms. The predicted molar refractivity (Wildman–Crippen MR) is 69.2 cm³/mol. The summed E-state index contributed by atoms with van der Waals surface area (Å²) in [4.78, 5) is 10.7. The zero-order valence-electron chi connectivity index (χ0n) is 11.1. The van der Waals surface area contributed by atoms with Crippen molar-refractivity contribution in [2.24, 2.45) is 0 Å². The molecular weight excluding hydrogens is 216 g/mol. The van der Waals surface area contributed by atoms with Gasteiger partial charge in [0.15, 0.2) is 0 Å². The van der Waals surface area contributed by atoms with Crippen LogP contribution in [-0.2, 0) is 11.3 Å². The van der Waals surface area contributed by atoms with Crippen LogP contribution in [0.2, 0.25) is 0 Å². The summed E-state index contributed by atoms with van der Waals surface area (Å²) in [5.41, 5.74) is 0.946. The van der Waals surface area contributed by atoms with Gasteiger partial charge in [-0.15, -0.1) is 0 Å². The highest BCUT2D eigenvalue weighted by Gasteiger charge is 2.04. The van der Waals surface area contributed by atoms with Crippen molar-refractivity contribution in [1.82, 2.24) is 15.3 Å². The van der Waals surface area contributed by atoms with Crippen LogP contribution in [-0.4, -0.2) is 43.3 Å². The lowest BCUT2D eigenvalue weighted by Gasteiger charge is -2.19. The van der Waals surface area contributed by atoms with E-state index in [1.165, 1.54) is 0 Å². The van der Waals surface area contributed by atoms with Crippen molar-refractivity contribution >= 4 is 5.82 Å². The number of nitrogens with zero attached hydrogens (tertiary/aromatic N) is 3. The van der Waals surface area contributed by atoms with Gasteiger partial charge in [-0.1, -0.05) is 0 Å². The number of rotatable bonds is 7. The lowest BCUT2D eigenvalue weighted by atomic mass is 10.4. The van der Waals surface area contributed by atoms with Crippen molar-refractivity contribution in [2.45, 2.75) is 26.5 Å². The zero-order chi connectivity index (χ0) is 12.7. The van der Waals surface area contributed by atoms with Gasteiger partial charge in [-0.25, -0.2) is 4.98 Å². The quantitative estimate of drug-likeness (QED) is 0.769. The standard InChI is InChI=1S/C12H22N4O/c1-10(2)17-6-5-16(4)12-9-14-8-11(15-12)7-13-3/h8-10,13H,5-7H2,1-4H3. The van der Waals surface area contributed by atoms with Gasteiger partial charge in [0.25, 0.3) is 0 Å². The number of ether oxygens (including phenoxy) is 1. The van der Waals surface area contributed by atoms with Crippen molar-refractivity contribution in [3.63, 3.8) is 0 Å². The number of likely N-dealkylation sites (N-methyl/N-ethyl adjacent to an activating group) is 1. The van der Waals surface area contributed by atoms with E-state index in [1.807, 2.05) is 27.9 Å². The average molecular weight is 238 g/mol. The Balaban J connectivity index is 2.50. The molecule has 1 aromatic rings. The Bertz CT molecular complexity index is 330. The third-order valence-electron chi connectivity index (χ3n) is 2.30. The normalized spacial score (nSPS) is 10.9. The highest BCUT2D eigenvalue weighted by molar-refractivity contribution is 5.34. The molecule has 1 aromatic heterocycles. The van der Waals surface area contributed by atoms with Gasteiger partial charge in [-0.3, -0.25) is 4.98 Å². The van der Waals surface area contributed by atoms with Crippen molar-refractivity contribution in [3.8, 4) is 0 Å². The highest BCUT2D eigenvalue weighted by atomic mass is 16.5. The molecule has 5 nitrogen and oxygen atoms in total. The number of hydrogen-bond donors (Lipinski definition) is 1. The second kappa shape index (κ2) is 7.19. The summed E-state index contributed by atoms with van der Waals surface area (Å²) in [6, 6.07) is 0. The number of anilines is 1. The van der Waals surface area contributed by atoms with E-state index in [-0.39, 0.29) is 6.10 Å². The maximum Gasteiger partial charge on any atom is 0.147 e. The van der Waals surface area contributed by atoms with E-state index < -0.39 is 0 Å². The molecule has 0 aromatic carbocycles. The first-order valence-corrected chi connectivity index (χ1v) is 5.91. The van der Waals surface area contributed by atoms with Crippen LogP contribution in [0.3, 0.4) is 0 Å². The molecule has 1 rings (SSSR count). The van der Waals surface area contributed by atoms with E-state index in [2.05, 4.69) is 20.2 Å². The molecule has 0 aliphatic carbocycles. The van der Waals surface area contributed by atoms with E-state index in [0.29, 0.717) is 6.61 Å². The Morgan fingerprint density at radius 3 is 2.82 bits per heavy atom. The van der Waals surface area contributed by atoms with Gasteiger partial charge in [0.2, 0.25) is 0 Å². The molecule has 0 saturated carbocycles. The third-order valence-corrected chi connectivity index (χ3v) is 2.30. The maximum atomic E-state index is 5.51. The molecule has 5 heteroatoms. The summed E-state index contributed by atoms with van der Waals surface area (Å²) in [5, 5.41) is 3.06. The lowest BCUT2D eigenvalue weighted by Crippen LogP contribution is -2.25. The molecular formula is C12H22N4O. The molecule has 0 atom stereocenters. The van der Waals surface area contributed by atoms with Gasteiger partial charge >= 0.3 is 0 Å².